The fourth-order valence-electron chi connectivity index (χ4n) is 3.40. The number of aromatic amines is 1. The van der Waals surface area contributed by atoms with Crippen molar-refractivity contribution >= 4 is 23.7 Å². The van der Waals surface area contributed by atoms with Crippen LogP contribution in [-0.2, 0) is 0 Å². The average molecular weight is 441 g/mol. The number of hydrogen-bond donors (Lipinski definition) is 3. The van der Waals surface area contributed by atoms with Crippen molar-refractivity contribution in [3.63, 3.8) is 0 Å². The first-order valence-corrected chi connectivity index (χ1v) is 13.3. The molecule has 0 aliphatic heterocycles. The molecule has 2 amide bonds. The first kappa shape index (κ1) is 26.7. The van der Waals surface area contributed by atoms with Gasteiger partial charge in [-0.3, -0.25) is 5.32 Å². The van der Waals surface area contributed by atoms with Crippen LogP contribution in [0.2, 0.25) is 0 Å². The van der Waals surface area contributed by atoms with Crippen LogP contribution in [0.3, 0.4) is 0 Å². The molecule has 1 rings (SSSR count). The third-order valence-electron chi connectivity index (χ3n) is 5.22. The number of nitrogens with zero attached hydrogens (tertiary/aromatic N) is 3. The van der Waals surface area contributed by atoms with Crippen molar-refractivity contribution in [2.75, 3.05) is 23.4 Å². The fraction of sp³-hybridized carbons (Fsp3) is 0.909. The molecule has 174 valence electrons. The van der Waals surface area contributed by atoms with E-state index in [1.165, 1.54) is 108 Å². The predicted molar refractivity (Wildman–Crippen MR) is 128 cm³/mol. The number of anilines is 1. The third-order valence-corrected chi connectivity index (χ3v) is 6.38. The van der Waals surface area contributed by atoms with Crippen LogP contribution in [0.4, 0.5) is 10.7 Å². The maximum absolute atomic E-state index is 11.6. The topological polar surface area (TPSA) is 95.6 Å². The SMILES string of the molecule is CCCCCCCCCCSCCCCCCCCCCNC(=O)Nc1nnn[nH]1. The molecule has 0 aromatic carbocycles. The minimum atomic E-state index is -0.270. The van der Waals surface area contributed by atoms with Crippen LogP contribution in [0, 0.1) is 0 Å². The van der Waals surface area contributed by atoms with E-state index in [9.17, 15) is 4.79 Å². The van der Waals surface area contributed by atoms with Crippen molar-refractivity contribution in [2.45, 2.75) is 110 Å². The maximum atomic E-state index is 11.6. The van der Waals surface area contributed by atoms with E-state index in [-0.39, 0.29) is 12.0 Å². The van der Waals surface area contributed by atoms with Gasteiger partial charge in [-0.2, -0.15) is 11.8 Å². The zero-order valence-electron chi connectivity index (χ0n) is 19.1. The van der Waals surface area contributed by atoms with Crippen molar-refractivity contribution in [2.24, 2.45) is 0 Å². The molecule has 7 nitrogen and oxygen atoms in total. The van der Waals surface area contributed by atoms with Crippen molar-refractivity contribution in [3.8, 4) is 0 Å². The Balaban J connectivity index is 1.68. The summed E-state index contributed by atoms with van der Waals surface area (Å²) in [6.07, 6.45) is 21.6. The molecule has 0 aliphatic carbocycles. The number of urea groups is 1. The van der Waals surface area contributed by atoms with Crippen LogP contribution in [-0.4, -0.2) is 44.7 Å². The van der Waals surface area contributed by atoms with E-state index < -0.39 is 0 Å². The number of carbonyl (C=O) groups is 1. The molecule has 0 saturated carbocycles. The molecule has 0 radical (unpaired) electrons. The van der Waals surface area contributed by atoms with Gasteiger partial charge in [0, 0.05) is 6.54 Å². The van der Waals surface area contributed by atoms with Crippen LogP contribution in [0.25, 0.3) is 0 Å². The number of H-pyrrole nitrogens is 1. The van der Waals surface area contributed by atoms with Gasteiger partial charge < -0.3 is 5.32 Å². The zero-order valence-corrected chi connectivity index (χ0v) is 19.9. The number of thioether (sulfide) groups is 1. The Morgan fingerprint density at radius 2 is 1.33 bits per heavy atom. The summed E-state index contributed by atoms with van der Waals surface area (Å²) in [4.78, 5) is 11.6. The van der Waals surface area contributed by atoms with Crippen molar-refractivity contribution < 1.29 is 4.79 Å². The number of tetrazole rings is 1. The van der Waals surface area contributed by atoms with E-state index in [1.54, 1.807) is 0 Å². The fourth-order valence-corrected chi connectivity index (χ4v) is 4.42. The average Bonchev–Trinajstić information content (AvgIpc) is 3.25. The molecule has 1 aromatic rings. The second kappa shape index (κ2) is 20.9. The molecule has 0 bridgehead atoms. The quantitative estimate of drug-likeness (QED) is 0.194. The number of nitrogens with one attached hydrogen (secondary N) is 3. The van der Waals surface area contributed by atoms with Gasteiger partial charge >= 0.3 is 6.03 Å². The minimum Gasteiger partial charge on any atom is -0.338 e. The lowest BCUT2D eigenvalue weighted by atomic mass is 10.1. The Kier molecular flexibility index (Phi) is 18.7. The monoisotopic (exact) mass is 440 g/mol. The van der Waals surface area contributed by atoms with Crippen LogP contribution in [0.15, 0.2) is 0 Å². The Labute approximate surface area is 187 Å². The molecule has 8 heteroatoms. The lowest BCUT2D eigenvalue weighted by Gasteiger charge is -2.05. The largest absolute Gasteiger partial charge is 0.338 e. The summed E-state index contributed by atoms with van der Waals surface area (Å²) in [6.45, 7) is 2.97. The number of carbonyl (C=O) groups excluding carboxylic acids is 1. The highest BCUT2D eigenvalue weighted by Crippen LogP contribution is 2.14. The van der Waals surface area contributed by atoms with Gasteiger partial charge in [0.2, 0.25) is 5.95 Å². The first-order valence-electron chi connectivity index (χ1n) is 12.2. The van der Waals surface area contributed by atoms with Crippen LogP contribution < -0.4 is 10.6 Å². The summed E-state index contributed by atoms with van der Waals surface area (Å²) in [5.41, 5.74) is 0. The highest BCUT2D eigenvalue weighted by Gasteiger charge is 2.02. The molecule has 3 N–H and O–H groups in total. The van der Waals surface area contributed by atoms with Crippen LogP contribution in [0.1, 0.15) is 110 Å². The van der Waals surface area contributed by atoms with Gasteiger partial charge in [-0.15, -0.1) is 0 Å². The maximum Gasteiger partial charge on any atom is 0.321 e. The Hall–Kier alpha value is -1.31. The normalized spacial score (nSPS) is 11.0. The Morgan fingerprint density at radius 3 is 1.87 bits per heavy atom. The summed E-state index contributed by atoms with van der Waals surface area (Å²) >= 11 is 2.15. The van der Waals surface area contributed by atoms with Gasteiger partial charge in [-0.25, -0.2) is 9.89 Å². The van der Waals surface area contributed by atoms with Gasteiger partial charge in [-0.05, 0) is 41.2 Å². The third kappa shape index (κ3) is 17.5. The van der Waals surface area contributed by atoms with Crippen LogP contribution in [0.5, 0.6) is 0 Å². The molecule has 0 saturated heterocycles. The van der Waals surface area contributed by atoms with Crippen molar-refractivity contribution in [1.82, 2.24) is 25.9 Å². The van der Waals surface area contributed by atoms with E-state index >= 15 is 0 Å². The smallest absolute Gasteiger partial charge is 0.321 e. The molecule has 0 atom stereocenters. The second-order valence-electron chi connectivity index (χ2n) is 8.05. The number of unbranched alkanes of at least 4 members (excludes halogenated alkanes) is 14. The van der Waals surface area contributed by atoms with Gasteiger partial charge in [0.1, 0.15) is 0 Å². The second-order valence-corrected chi connectivity index (χ2v) is 9.27. The Morgan fingerprint density at radius 1 is 0.800 bits per heavy atom. The lowest BCUT2D eigenvalue weighted by Crippen LogP contribution is -2.29. The molecule has 0 aliphatic rings. The van der Waals surface area contributed by atoms with E-state index in [1.807, 2.05) is 0 Å². The summed E-state index contributed by atoms with van der Waals surface area (Å²) in [6, 6.07) is -0.270. The number of hydrogen-bond acceptors (Lipinski definition) is 5. The van der Waals surface area contributed by atoms with Crippen LogP contribution >= 0.6 is 11.8 Å². The van der Waals surface area contributed by atoms with Gasteiger partial charge in [-0.1, -0.05) is 95.5 Å². The van der Waals surface area contributed by atoms with Gasteiger partial charge in [0.15, 0.2) is 0 Å². The molecular formula is C22H44N6OS. The minimum absolute atomic E-state index is 0.263. The van der Waals surface area contributed by atoms with Gasteiger partial charge in [0.05, 0.1) is 0 Å². The summed E-state index contributed by atoms with van der Waals surface area (Å²) in [7, 11) is 0. The van der Waals surface area contributed by atoms with E-state index in [0.29, 0.717) is 6.54 Å². The van der Waals surface area contributed by atoms with Gasteiger partial charge in [0.25, 0.3) is 0 Å². The lowest BCUT2D eigenvalue weighted by molar-refractivity contribution is 0.251. The van der Waals surface area contributed by atoms with E-state index in [0.717, 1.165) is 6.42 Å². The number of aromatic nitrogens is 4. The molecule has 1 aromatic heterocycles. The summed E-state index contributed by atoms with van der Waals surface area (Å²) in [5.74, 6) is 2.96. The van der Waals surface area contributed by atoms with E-state index in [2.05, 4.69) is 49.9 Å². The molecule has 1 heterocycles. The molecule has 30 heavy (non-hydrogen) atoms. The van der Waals surface area contributed by atoms with E-state index in [4.69, 9.17) is 0 Å². The number of amides is 2. The van der Waals surface area contributed by atoms with Crippen molar-refractivity contribution in [3.05, 3.63) is 0 Å². The summed E-state index contributed by atoms with van der Waals surface area (Å²) in [5, 5.41) is 18.2. The molecule has 0 unspecified atom stereocenters. The summed E-state index contributed by atoms with van der Waals surface area (Å²) < 4.78 is 0. The number of rotatable bonds is 21. The Bertz CT molecular complexity index is 486. The first-order chi connectivity index (χ1) is 14.8. The highest BCUT2D eigenvalue weighted by atomic mass is 32.2. The molecular weight excluding hydrogens is 396 g/mol. The highest BCUT2D eigenvalue weighted by molar-refractivity contribution is 7.99. The molecule has 0 spiro atoms. The zero-order chi connectivity index (χ0) is 21.5. The van der Waals surface area contributed by atoms with Crippen molar-refractivity contribution in [1.29, 1.82) is 0 Å². The standard InChI is InChI=1S/C22H44N6OS/c1-2-3-4-5-6-10-13-16-19-30-20-17-14-11-8-7-9-12-15-18-23-22(29)24-21-25-27-28-26-21/h2-20H2,1H3,(H3,23,24,25,26,27,28,29). The predicted octanol–water partition coefficient (Wildman–Crippen LogP) is 6.32. The molecule has 0 fully saturated rings.